The summed E-state index contributed by atoms with van der Waals surface area (Å²) in [5.74, 6) is 0. The fourth-order valence-electron chi connectivity index (χ4n) is 1.19. The maximum Gasteiger partial charge on any atom is 0.113 e. The zero-order valence-corrected chi connectivity index (χ0v) is 8.20. The first-order chi connectivity index (χ1) is 6.06. The highest BCUT2D eigenvalue weighted by molar-refractivity contribution is 5.22. The number of hydrogen-bond acceptors (Lipinski definition) is 3. The summed E-state index contributed by atoms with van der Waals surface area (Å²) in [5.41, 5.74) is 8.77. The molecular formula is C9H14N4. The number of hydrogen-bond donors (Lipinski definition) is 1. The van der Waals surface area contributed by atoms with Crippen LogP contribution in [-0.2, 0) is 6.54 Å². The van der Waals surface area contributed by atoms with Crippen LogP contribution >= 0.6 is 0 Å². The van der Waals surface area contributed by atoms with Crippen molar-refractivity contribution in [1.82, 2.24) is 9.78 Å². The van der Waals surface area contributed by atoms with E-state index in [2.05, 4.69) is 5.10 Å². The Labute approximate surface area is 78.0 Å². The second-order valence-electron chi connectivity index (χ2n) is 3.21. The van der Waals surface area contributed by atoms with Gasteiger partial charge in [0.2, 0.25) is 0 Å². The van der Waals surface area contributed by atoms with Gasteiger partial charge in [0.1, 0.15) is 6.04 Å². The minimum atomic E-state index is -0.475. The van der Waals surface area contributed by atoms with E-state index in [1.165, 1.54) is 5.56 Å². The van der Waals surface area contributed by atoms with Gasteiger partial charge >= 0.3 is 0 Å². The van der Waals surface area contributed by atoms with Crippen molar-refractivity contribution in [2.75, 3.05) is 0 Å². The lowest BCUT2D eigenvalue weighted by molar-refractivity contribution is 0.557. The minimum Gasteiger partial charge on any atom is -0.314 e. The Hall–Kier alpha value is -1.34. The summed E-state index contributed by atoms with van der Waals surface area (Å²) in [7, 11) is 0. The molecule has 0 saturated carbocycles. The first-order valence-corrected chi connectivity index (χ1v) is 4.22. The Balaban J connectivity index is 2.91. The summed E-state index contributed by atoms with van der Waals surface area (Å²) in [6.07, 6.45) is 0. The van der Waals surface area contributed by atoms with Gasteiger partial charge in [-0.1, -0.05) is 0 Å². The van der Waals surface area contributed by atoms with Crippen LogP contribution in [-0.4, -0.2) is 15.8 Å². The van der Waals surface area contributed by atoms with Crippen molar-refractivity contribution in [3.05, 3.63) is 17.0 Å². The van der Waals surface area contributed by atoms with Crippen molar-refractivity contribution in [2.24, 2.45) is 5.73 Å². The lowest BCUT2D eigenvalue weighted by atomic mass is 10.2. The number of nitriles is 1. The molecule has 4 heteroatoms. The largest absolute Gasteiger partial charge is 0.314 e. The predicted octanol–water partition coefficient (Wildman–Crippen LogP) is 0.659. The molecule has 1 unspecified atom stereocenters. The molecule has 1 heterocycles. The number of nitrogens with zero attached hydrogens (tertiary/aromatic N) is 3. The normalized spacial score (nSPS) is 12.5. The van der Waals surface area contributed by atoms with Gasteiger partial charge in [0.25, 0.3) is 0 Å². The van der Waals surface area contributed by atoms with Gasteiger partial charge in [-0.25, -0.2) is 0 Å². The summed E-state index contributed by atoms with van der Waals surface area (Å²) in [6.45, 7) is 6.43. The number of aryl methyl sites for hydroxylation is 1. The topological polar surface area (TPSA) is 67.6 Å². The lowest BCUT2D eigenvalue weighted by Crippen LogP contribution is -2.25. The zero-order valence-electron chi connectivity index (χ0n) is 8.20. The second-order valence-corrected chi connectivity index (χ2v) is 3.21. The Morgan fingerprint density at radius 1 is 1.54 bits per heavy atom. The molecule has 0 aliphatic heterocycles. The van der Waals surface area contributed by atoms with Gasteiger partial charge in [-0.05, 0) is 26.3 Å². The molecule has 0 saturated heterocycles. The maximum atomic E-state index is 8.55. The molecule has 1 rings (SSSR count). The van der Waals surface area contributed by atoms with Crippen LogP contribution in [0.4, 0.5) is 0 Å². The van der Waals surface area contributed by atoms with E-state index in [9.17, 15) is 0 Å². The second kappa shape index (κ2) is 3.58. The number of rotatable bonds is 2. The van der Waals surface area contributed by atoms with E-state index in [-0.39, 0.29) is 0 Å². The fourth-order valence-corrected chi connectivity index (χ4v) is 1.19. The molecule has 0 aliphatic carbocycles. The van der Waals surface area contributed by atoms with Crippen molar-refractivity contribution in [2.45, 2.75) is 33.4 Å². The van der Waals surface area contributed by atoms with E-state index in [4.69, 9.17) is 11.0 Å². The third-order valence-corrected chi connectivity index (χ3v) is 2.28. The molecule has 2 N–H and O–H groups in total. The fraction of sp³-hybridized carbons (Fsp3) is 0.556. The third kappa shape index (κ3) is 1.87. The van der Waals surface area contributed by atoms with Crippen LogP contribution in [0, 0.1) is 32.1 Å². The monoisotopic (exact) mass is 178 g/mol. The van der Waals surface area contributed by atoms with Crippen molar-refractivity contribution in [3.63, 3.8) is 0 Å². The van der Waals surface area contributed by atoms with E-state index in [1.807, 2.05) is 26.8 Å². The first-order valence-electron chi connectivity index (χ1n) is 4.22. The smallest absolute Gasteiger partial charge is 0.113 e. The summed E-state index contributed by atoms with van der Waals surface area (Å²) in [4.78, 5) is 0. The molecule has 4 nitrogen and oxygen atoms in total. The van der Waals surface area contributed by atoms with Crippen LogP contribution in [0.5, 0.6) is 0 Å². The lowest BCUT2D eigenvalue weighted by Gasteiger charge is -2.05. The Morgan fingerprint density at radius 3 is 2.54 bits per heavy atom. The molecule has 1 atom stereocenters. The molecule has 0 radical (unpaired) electrons. The van der Waals surface area contributed by atoms with E-state index >= 15 is 0 Å². The van der Waals surface area contributed by atoms with Crippen LogP contribution in [0.2, 0.25) is 0 Å². The van der Waals surface area contributed by atoms with Gasteiger partial charge in [-0.15, -0.1) is 0 Å². The van der Waals surface area contributed by atoms with Crippen LogP contribution in [0.25, 0.3) is 0 Å². The maximum absolute atomic E-state index is 8.55. The Kier molecular flexibility index (Phi) is 2.69. The molecule has 13 heavy (non-hydrogen) atoms. The molecule has 0 spiro atoms. The summed E-state index contributed by atoms with van der Waals surface area (Å²) in [6, 6.07) is 1.51. The molecular weight excluding hydrogens is 164 g/mol. The molecule has 0 aromatic carbocycles. The van der Waals surface area contributed by atoms with Crippen LogP contribution in [0.1, 0.15) is 17.0 Å². The van der Waals surface area contributed by atoms with Crippen molar-refractivity contribution in [3.8, 4) is 6.07 Å². The number of nitrogens with two attached hydrogens (primary N) is 1. The summed E-state index contributed by atoms with van der Waals surface area (Å²) in [5, 5.41) is 12.8. The Morgan fingerprint density at radius 2 is 2.15 bits per heavy atom. The standard InChI is InChI=1S/C9H14N4/c1-6-7(2)12-13(8(6)3)5-9(11)4-10/h9H,5,11H2,1-3H3. The van der Waals surface area contributed by atoms with Gasteiger partial charge in [-0.3, -0.25) is 4.68 Å². The van der Waals surface area contributed by atoms with Crippen molar-refractivity contribution in [1.29, 1.82) is 5.26 Å². The van der Waals surface area contributed by atoms with Gasteiger partial charge in [0.15, 0.2) is 0 Å². The summed E-state index contributed by atoms with van der Waals surface area (Å²) >= 11 is 0. The van der Waals surface area contributed by atoms with E-state index < -0.39 is 6.04 Å². The predicted molar refractivity (Wildman–Crippen MR) is 50.0 cm³/mol. The highest BCUT2D eigenvalue weighted by atomic mass is 15.3. The SMILES string of the molecule is Cc1nn(CC(N)C#N)c(C)c1C. The van der Waals surface area contributed by atoms with Crippen LogP contribution in [0.3, 0.4) is 0 Å². The number of aromatic nitrogens is 2. The third-order valence-electron chi connectivity index (χ3n) is 2.28. The molecule has 1 aromatic heterocycles. The molecule has 0 fully saturated rings. The van der Waals surface area contributed by atoms with Gasteiger partial charge in [0.05, 0.1) is 18.3 Å². The van der Waals surface area contributed by atoms with Crippen molar-refractivity contribution >= 4 is 0 Å². The molecule has 0 amide bonds. The first kappa shape index (κ1) is 9.75. The quantitative estimate of drug-likeness (QED) is 0.723. The average Bonchev–Trinajstić information content (AvgIpc) is 2.34. The molecule has 0 bridgehead atoms. The van der Waals surface area contributed by atoms with E-state index in [1.54, 1.807) is 4.68 Å². The molecule has 1 aromatic rings. The highest BCUT2D eigenvalue weighted by Crippen LogP contribution is 2.10. The van der Waals surface area contributed by atoms with E-state index in [0.717, 1.165) is 11.4 Å². The zero-order chi connectivity index (χ0) is 10.0. The Bertz CT molecular complexity index is 345. The highest BCUT2D eigenvalue weighted by Gasteiger charge is 2.09. The van der Waals surface area contributed by atoms with Crippen LogP contribution < -0.4 is 5.73 Å². The van der Waals surface area contributed by atoms with Gasteiger partial charge in [0, 0.05) is 5.69 Å². The van der Waals surface area contributed by atoms with E-state index in [0.29, 0.717) is 6.54 Å². The van der Waals surface area contributed by atoms with Gasteiger partial charge < -0.3 is 5.73 Å². The average molecular weight is 178 g/mol. The van der Waals surface area contributed by atoms with Gasteiger partial charge in [-0.2, -0.15) is 10.4 Å². The van der Waals surface area contributed by atoms with Crippen LogP contribution in [0.15, 0.2) is 0 Å². The minimum absolute atomic E-state index is 0.469. The van der Waals surface area contributed by atoms with Crippen molar-refractivity contribution < 1.29 is 0 Å². The molecule has 0 aliphatic rings. The summed E-state index contributed by atoms with van der Waals surface area (Å²) < 4.78 is 1.79. The molecule has 70 valence electrons.